The molecule has 4 aromatic rings. The first kappa shape index (κ1) is 26.3. The van der Waals surface area contributed by atoms with Crippen LogP contribution in [0.1, 0.15) is 41.0 Å². The Morgan fingerprint density at radius 3 is 2.75 bits per heavy atom. The summed E-state index contributed by atoms with van der Waals surface area (Å²) in [6.07, 6.45) is 0.934. The Morgan fingerprint density at radius 2 is 2.00 bits per heavy atom. The first-order valence-electron chi connectivity index (χ1n) is 12.6. The van der Waals surface area contributed by atoms with Gasteiger partial charge in [0.2, 0.25) is 0 Å². The van der Waals surface area contributed by atoms with E-state index in [1.165, 1.54) is 13.4 Å². The molecule has 2 amide bonds. The normalized spacial score (nSPS) is 12.3. The second-order valence-electron chi connectivity index (χ2n) is 9.41. The van der Waals surface area contributed by atoms with E-state index in [0.717, 1.165) is 0 Å². The number of hydrogen-bond acceptors (Lipinski definition) is 9. The summed E-state index contributed by atoms with van der Waals surface area (Å²) in [6, 6.07) is 16.5. The average molecular weight is 538 g/mol. The van der Waals surface area contributed by atoms with Crippen molar-refractivity contribution in [2.75, 3.05) is 23.9 Å². The van der Waals surface area contributed by atoms with Crippen molar-refractivity contribution in [3.63, 3.8) is 0 Å². The lowest BCUT2D eigenvalue weighted by atomic mass is 10.1. The fourth-order valence-electron chi connectivity index (χ4n) is 4.37. The molecule has 12 heteroatoms. The molecule has 1 N–H and O–H groups in total. The number of nitriles is 1. The highest BCUT2D eigenvalue weighted by Gasteiger charge is 2.34. The summed E-state index contributed by atoms with van der Waals surface area (Å²) in [4.78, 5) is 38.5. The largest absolute Gasteiger partial charge is 0.443 e. The molecule has 3 aromatic heterocycles. The Balaban J connectivity index is 1.52. The van der Waals surface area contributed by atoms with Crippen LogP contribution >= 0.6 is 0 Å². The molecular formula is C28H27N9O3. The lowest BCUT2D eigenvalue weighted by molar-refractivity contribution is 0.0996. The number of anilines is 2. The number of alkyl carbamates (subject to hydrolysis) is 1. The molecule has 0 saturated heterocycles. The maximum Gasteiger partial charge on any atom is 0.407 e. The second-order valence-corrected chi connectivity index (χ2v) is 9.41. The molecule has 1 aromatic carbocycles. The molecule has 0 radical (unpaired) electrons. The molecule has 0 saturated carbocycles. The number of fused-ring (bicyclic) bond motifs is 1. The van der Waals surface area contributed by atoms with Gasteiger partial charge in [-0.05, 0) is 44.2 Å². The van der Waals surface area contributed by atoms with Crippen molar-refractivity contribution in [1.29, 1.82) is 5.26 Å². The molecule has 40 heavy (non-hydrogen) atoms. The summed E-state index contributed by atoms with van der Waals surface area (Å²) in [5.74, 6) is 1.21. The zero-order chi connectivity index (χ0) is 28.4. The zero-order valence-electron chi connectivity index (χ0n) is 22.5. The lowest BCUT2D eigenvalue weighted by Crippen LogP contribution is -2.27. The minimum Gasteiger partial charge on any atom is -0.443 e. The van der Waals surface area contributed by atoms with Crippen LogP contribution in [0.2, 0.25) is 0 Å². The van der Waals surface area contributed by atoms with Crippen LogP contribution < -0.4 is 15.1 Å². The minimum absolute atomic E-state index is 0.0855. The van der Waals surface area contributed by atoms with Crippen LogP contribution in [-0.4, -0.2) is 56.9 Å². The van der Waals surface area contributed by atoms with Gasteiger partial charge in [-0.15, -0.1) is 10.2 Å². The van der Waals surface area contributed by atoms with Crippen LogP contribution in [0.5, 0.6) is 0 Å². The van der Waals surface area contributed by atoms with Crippen LogP contribution in [0.3, 0.4) is 0 Å². The summed E-state index contributed by atoms with van der Waals surface area (Å²) >= 11 is 0. The number of rotatable bonds is 7. The zero-order valence-corrected chi connectivity index (χ0v) is 22.5. The third-order valence-electron chi connectivity index (χ3n) is 6.74. The van der Waals surface area contributed by atoms with Crippen molar-refractivity contribution in [2.45, 2.75) is 33.0 Å². The number of nitrogens with one attached hydrogen (secondary N) is 1. The van der Waals surface area contributed by atoms with Crippen molar-refractivity contribution in [3.05, 3.63) is 77.2 Å². The smallest absolute Gasteiger partial charge is 0.407 e. The van der Waals surface area contributed by atoms with Crippen molar-refractivity contribution in [3.8, 4) is 23.3 Å². The highest BCUT2D eigenvalue weighted by atomic mass is 16.5. The van der Waals surface area contributed by atoms with E-state index in [-0.39, 0.29) is 25.1 Å². The number of hydrogen-bond donors (Lipinski definition) is 1. The maximum atomic E-state index is 13.7. The summed E-state index contributed by atoms with van der Waals surface area (Å²) in [6.45, 7) is 4.16. The highest BCUT2D eigenvalue weighted by Crippen LogP contribution is 2.33. The van der Waals surface area contributed by atoms with E-state index >= 15 is 0 Å². The lowest BCUT2D eigenvalue weighted by Gasteiger charge is -2.23. The second kappa shape index (κ2) is 10.8. The van der Waals surface area contributed by atoms with E-state index in [0.29, 0.717) is 51.2 Å². The Labute approximate surface area is 230 Å². The van der Waals surface area contributed by atoms with E-state index in [4.69, 9.17) is 14.7 Å². The number of amides is 2. The average Bonchev–Trinajstić information content (AvgIpc) is 3.60. The van der Waals surface area contributed by atoms with Gasteiger partial charge in [0.1, 0.15) is 36.3 Å². The molecular weight excluding hydrogens is 510 g/mol. The summed E-state index contributed by atoms with van der Waals surface area (Å²) in [5.41, 5.74) is 3.22. The third kappa shape index (κ3) is 4.80. The van der Waals surface area contributed by atoms with Gasteiger partial charge in [0.25, 0.3) is 5.91 Å². The molecule has 0 spiro atoms. The van der Waals surface area contributed by atoms with Crippen LogP contribution in [0.4, 0.5) is 16.4 Å². The number of aromatic nitrogens is 5. The van der Waals surface area contributed by atoms with Crippen LogP contribution in [0.25, 0.3) is 17.2 Å². The third-order valence-corrected chi connectivity index (χ3v) is 6.74. The first-order valence-corrected chi connectivity index (χ1v) is 12.6. The van der Waals surface area contributed by atoms with Gasteiger partial charge in [0, 0.05) is 25.7 Å². The van der Waals surface area contributed by atoms with E-state index < -0.39 is 6.09 Å². The van der Waals surface area contributed by atoms with Gasteiger partial charge >= 0.3 is 6.09 Å². The Kier molecular flexibility index (Phi) is 7.11. The fourth-order valence-corrected chi connectivity index (χ4v) is 4.37. The number of nitrogens with zero attached hydrogens (tertiary/aromatic N) is 8. The van der Waals surface area contributed by atoms with Gasteiger partial charge in [0.05, 0.1) is 29.1 Å². The molecule has 202 valence electrons. The molecule has 5 rings (SSSR count). The van der Waals surface area contributed by atoms with Gasteiger partial charge in [-0.2, -0.15) is 5.26 Å². The van der Waals surface area contributed by atoms with Crippen LogP contribution in [0, 0.1) is 11.3 Å². The molecule has 12 nitrogen and oxygen atoms in total. The Morgan fingerprint density at radius 1 is 1.20 bits per heavy atom. The Hall–Kier alpha value is -5.31. The number of benzene rings is 1. The summed E-state index contributed by atoms with van der Waals surface area (Å²) < 4.78 is 6.99. The number of ether oxygens (including phenoxy) is 1. The van der Waals surface area contributed by atoms with Gasteiger partial charge in [0.15, 0.2) is 5.82 Å². The molecule has 0 bridgehead atoms. The van der Waals surface area contributed by atoms with Gasteiger partial charge in [-0.25, -0.2) is 14.8 Å². The molecule has 1 aliphatic heterocycles. The van der Waals surface area contributed by atoms with E-state index in [2.05, 4.69) is 21.6 Å². The van der Waals surface area contributed by atoms with E-state index in [9.17, 15) is 14.9 Å². The molecule has 0 fully saturated rings. The first-order chi connectivity index (χ1) is 19.3. The van der Waals surface area contributed by atoms with Gasteiger partial charge in [-0.1, -0.05) is 18.2 Å². The predicted molar refractivity (Wildman–Crippen MR) is 147 cm³/mol. The maximum absolute atomic E-state index is 13.7. The van der Waals surface area contributed by atoms with Gasteiger partial charge < -0.3 is 15.0 Å². The monoisotopic (exact) mass is 537 g/mol. The summed E-state index contributed by atoms with van der Waals surface area (Å²) in [7, 11) is 3.37. The number of para-hydroxylation sites is 1. The SMILES string of the molecule is CNC(=O)OCc1nc(N(C)C(C)C)cc2c1CN(c1cccc(-c3nncn3-c3ccccc3C#N)n1)C2=O. The van der Waals surface area contributed by atoms with E-state index in [1.807, 2.05) is 31.9 Å². The van der Waals surface area contributed by atoms with Crippen molar-refractivity contribution >= 4 is 23.6 Å². The molecule has 0 unspecified atom stereocenters. The number of carbonyl (C=O) groups is 2. The molecule has 1 aliphatic rings. The fraction of sp³-hybridized carbons (Fsp3) is 0.250. The summed E-state index contributed by atoms with van der Waals surface area (Å²) in [5, 5.41) is 20.3. The standard InChI is InChI=1S/C28H27N9O3/c1-17(2)35(4)25-12-19-20(22(33-25)15-40-28(39)30-3)14-36(27(19)38)24-11-7-9-21(32-24)26-34-31-16-37(26)23-10-6-5-8-18(23)13-29/h5-12,16-17H,14-15H2,1-4H3,(H,30,39). The van der Waals surface area contributed by atoms with Crippen molar-refractivity contribution in [1.82, 2.24) is 30.0 Å². The van der Waals surface area contributed by atoms with Crippen molar-refractivity contribution in [2.24, 2.45) is 0 Å². The highest BCUT2D eigenvalue weighted by molar-refractivity contribution is 6.10. The molecule has 4 heterocycles. The quantitative estimate of drug-likeness (QED) is 0.375. The topological polar surface area (TPSA) is 142 Å². The number of carbonyl (C=O) groups excluding carboxylic acids is 2. The molecule has 0 aliphatic carbocycles. The van der Waals surface area contributed by atoms with E-state index in [1.54, 1.807) is 51.9 Å². The van der Waals surface area contributed by atoms with Gasteiger partial charge in [-0.3, -0.25) is 14.3 Å². The van der Waals surface area contributed by atoms with Crippen molar-refractivity contribution < 1.29 is 14.3 Å². The van der Waals surface area contributed by atoms with Crippen LogP contribution in [0.15, 0.2) is 54.9 Å². The molecule has 0 atom stereocenters. The van der Waals surface area contributed by atoms with Crippen LogP contribution in [-0.2, 0) is 17.9 Å². The Bertz CT molecular complexity index is 1640. The number of pyridine rings is 2. The minimum atomic E-state index is -0.587. The predicted octanol–water partition coefficient (Wildman–Crippen LogP) is 3.46.